The van der Waals surface area contributed by atoms with E-state index in [2.05, 4.69) is 6.58 Å². The fraction of sp³-hybridized carbons (Fsp3) is 0.167. The largest absolute Gasteiger partial charge is 0.497 e. The molecule has 188 valence electrons. The van der Waals surface area contributed by atoms with Crippen LogP contribution in [0, 0.1) is 45.3 Å². The number of benzene rings is 2. The average molecular weight is 505 g/mol. The number of methoxy groups -OCH3 is 1. The number of hydrogen-bond acceptors (Lipinski definition) is 8. The molecule has 2 aromatic carbocycles. The number of carbonyl (C=O) groups excluding carboxylic acids is 1. The molecule has 8 heteroatoms. The van der Waals surface area contributed by atoms with Crippen LogP contribution in [0.25, 0.3) is 11.1 Å². The van der Waals surface area contributed by atoms with Crippen LogP contribution >= 0.6 is 0 Å². The maximum Gasteiger partial charge on any atom is 0.333 e. The molecular weight excluding hydrogens is 480 g/mol. The summed E-state index contributed by atoms with van der Waals surface area (Å²) >= 11 is 0. The minimum absolute atomic E-state index is 0.149. The lowest BCUT2D eigenvalue weighted by Crippen LogP contribution is -2.09. The van der Waals surface area contributed by atoms with E-state index in [9.17, 15) is 25.8 Å². The lowest BCUT2D eigenvalue weighted by Gasteiger charge is -2.13. The third kappa shape index (κ3) is 8.28. The van der Waals surface area contributed by atoms with E-state index in [0.717, 1.165) is 0 Å². The predicted molar refractivity (Wildman–Crippen MR) is 141 cm³/mol. The Balaban J connectivity index is 2.49. The molecule has 0 heterocycles. The van der Waals surface area contributed by atoms with Crippen LogP contribution in [-0.2, 0) is 9.53 Å². The highest BCUT2D eigenvalue weighted by Gasteiger charge is 2.13. The number of nitriles is 4. The lowest BCUT2D eigenvalue weighted by atomic mass is 9.91. The highest BCUT2D eigenvalue weighted by Crippen LogP contribution is 2.32. The Kier molecular flexibility index (Phi) is 11.1. The van der Waals surface area contributed by atoms with Crippen LogP contribution in [0.1, 0.15) is 24.5 Å². The average Bonchev–Trinajstić information content (AvgIpc) is 2.95. The van der Waals surface area contributed by atoms with Crippen molar-refractivity contribution >= 4 is 17.1 Å². The summed E-state index contributed by atoms with van der Waals surface area (Å²) in [5.74, 6) is 0.717. The number of nitrogens with zero attached hydrogens (tertiary/aromatic N) is 4. The zero-order chi connectivity index (χ0) is 27.9. The van der Waals surface area contributed by atoms with Crippen molar-refractivity contribution in [3.8, 4) is 35.8 Å². The van der Waals surface area contributed by atoms with Gasteiger partial charge in [-0.05, 0) is 65.6 Å². The van der Waals surface area contributed by atoms with Gasteiger partial charge in [-0.3, -0.25) is 0 Å². The van der Waals surface area contributed by atoms with Gasteiger partial charge >= 0.3 is 5.97 Å². The molecule has 0 N–H and O–H groups in total. The molecule has 0 spiro atoms. The normalized spacial score (nSPS) is 10.2. The summed E-state index contributed by atoms with van der Waals surface area (Å²) in [7, 11) is 1.54. The number of carbonyl (C=O) groups is 1. The smallest absolute Gasteiger partial charge is 0.333 e. The van der Waals surface area contributed by atoms with Crippen molar-refractivity contribution in [1.29, 1.82) is 21.0 Å². The zero-order valence-corrected chi connectivity index (χ0v) is 21.0. The quantitative estimate of drug-likeness (QED) is 0.0983. The minimum atomic E-state index is -0.450. The van der Waals surface area contributed by atoms with Crippen LogP contribution in [0.3, 0.4) is 0 Å². The van der Waals surface area contributed by atoms with Gasteiger partial charge in [-0.25, -0.2) is 4.79 Å². The Bertz CT molecular complexity index is 1400. The molecule has 0 aromatic heterocycles. The van der Waals surface area contributed by atoms with E-state index in [4.69, 9.17) is 14.2 Å². The maximum atomic E-state index is 11.4. The van der Waals surface area contributed by atoms with Gasteiger partial charge in [0.25, 0.3) is 0 Å². The minimum Gasteiger partial charge on any atom is -0.497 e. The molecular formula is C30H24N4O4. The number of esters is 1. The maximum absolute atomic E-state index is 11.4. The molecule has 2 aromatic rings. The van der Waals surface area contributed by atoms with E-state index >= 15 is 0 Å². The van der Waals surface area contributed by atoms with Crippen molar-refractivity contribution in [1.82, 2.24) is 0 Å². The standard InChI is InChI=1S/C30H24N4O4/c1-21(2)30(35)38-14-4-13-37-27-11-7-25(8-12-27)29(16-23(19-33)20-34)28(15-22(17-31)18-32)24-5-9-26(36-3)10-6-24/h5-12,15-16H,1,4,13-14H2,2-3H3/b29-28+. The first-order chi connectivity index (χ1) is 18.4. The molecule has 0 amide bonds. The van der Waals surface area contributed by atoms with Crippen LogP contribution in [0.2, 0.25) is 0 Å². The number of ether oxygens (including phenoxy) is 3. The third-order valence-corrected chi connectivity index (χ3v) is 5.05. The van der Waals surface area contributed by atoms with Gasteiger partial charge in [0.1, 0.15) is 46.9 Å². The van der Waals surface area contributed by atoms with Crippen molar-refractivity contribution in [3.63, 3.8) is 0 Å². The molecule has 0 aliphatic heterocycles. The predicted octanol–water partition coefficient (Wildman–Crippen LogP) is 5.44. The van der Waals surface area contributed by atoms with Gasteiger partial charge in [-0.2, -0.15) is 21.0 Å². The second-order valence-electron chi connectivity index (χ2n) is 7.76. The third-order valence-electron chi connectivity index (χ3n) is 5.05. The zero-order valence-electron chi connectivity index (χ0n) is 21.0. The molecule has 8 nitrogen and oxygen atoms in total. The summed E-state index contributed by atoms with van der Waals surface area (Å²) in [6.07, 6.45) is 3.31. The van der Waals surface area contributed by atoms with Crippen molar-refractivity contribution in [2.24, 2.45) is 0 Å². The molecule has 0 unspecified atom stereocenters. The summed E-state index contributed by atoms with van der Waals surface area (Å²) in [5, 5.41) is 37.6. The molecule has 0 aliphatic carbocycles. The van der Waals surface area contributed by atoms with Crippen LogP contribution in [0.5, 0.6) is 11.5 Å². The molecule has 0 bridgehead atoms. The van der Waals surface area contributed by atoms with Crippen LogP contribution in [-0.4, -0.2) is 26.3 Å². The van der Waals surface area contributed by atoms with Gasteiger partial charge in [-0.1, -0.05) is 30.8 Å². The van der Waals surface area contributed by atoms with E-state index in [-0.39, 0.29) is 17.8 Å². The number of allylic oxidation sites excluding steroid dienone is 6. The van der Waals surface area contributed by atoms with Gasteiger partial charge in [-0.15, -0.1) is 0 Å². The monoisotopic (exact) mass is 504 g/mol. The summed E-state index contributed by atoms with van der Waals surface area (Å²) in [4.78, 5) is 11.4. The van der Waals surface area contributed by atoms with Gasteiger partial charge in [0.15, 0.2) is 0 Å². The second kappa shape index (κ2) is 14.7. The van der Waals surface area contributed by atoms with E-state index < -0.39 is 5.97 Å². The first kappa shape index (κ1) is 28.7. The molecule has 0 fully saturated rings. The molecule has 0 saturated heterocycles. The topological polar surface area (TPSA) is 140 Å². The van der Waals surface area contributed by atoms with Crippen molar-refractivity contribution < 1.29 is 19.0 Å². The second-order valence-corrected chi connectivity index (χ2v) is 7.76. The Labute approximate surface area is 221 Å². The van der Waals surface area contributed by atoms with E-state index in [0.29, 0.717) is 52.4 Å². The Hall–Kier alpha value is -5.57. The molecule has 0 aliphatic rings. The first-order valence-corrected chi connectivity index (χ1v) is 11.3. The van der Waals surface area contributed by atoms with Crippen molar-refractivity contribution in [2.75, 3.05) is 20.3 Å². The summed E-state index contributed by atoms with van der Waals surface area (Å²) in [6.45, 7) is 5.61. The molecule has 38 heavy (non-hydrogen) atoms. The molecule has 2 rings (SSSR count). The van der Waals surface area contributed by atoms with E-state index in [1.165, 1.54) is 19.3 Å². The SMILES string of the molecule is C=C(C)C(=O)OCCCOc1ccc(/C(C=C(C#N)C#N)=C(\C=C(C#N)C#N)c2ccc(OC)cc2)cc1. The number of hydrogen-bond donors (Lipinski definition) is 0. The van der Waals surface area contributed by atoms with E-state index in [1.54, 1.807) is 55.5 Å². The van der Waals surface area contributed by atoms with E-state index in [1.807, 2.05) is 24.3 Å². The Morgan fingerprint density at radius 2 is 1.24 bits per heavy atom. The van der Waals surface area contributed by atoms with Gasteiger partial charge in [0, 0.05) is 12.0 Å². The fourth-order valence-electron chi connectivity index (χ4n) is 3.14. The van der Waals surface area contributed by atoms with Gasteiger partial charge < -0.3 is 14.2 Å². The van der Waals surface area contributed by atoms with Crippen LogP contribution in [0.15, 0.2) is 84.0 Å². The Morgan fingerprint density at radius 1 is 0.789 bits per heavy atom. The number of rotatable bonds is 11. The first-order valence-electron chi connectivity index (χ1n) is 11.3. The molecule has 0 saturated carbocycles. The van der Waals surface area contributed by atoms with Gasteiger partial charge in [0.2, 0.25) is 0 Å². The van der Waals surface area contributed by atoms with Crippen molar-refractivity contribution in [2.45, 2.75) is 13.3 Å². The van der Waals surface area contributed by atoms with Crippen LogP contribution in [0.4, 0.5) is 0 Å². The lowest BCUT2D eigenvalue weighted by molar-refractivity contribution is -0.139. The fourth-order valence-corrected chi connectivity index (χ4v) is 3.14. The van der Waals surface area contributed by atoms with Crippen LogP contribution < -0.4 is 9.47 Å². The summed E-state index contributed by atoms with van der Waals surface area (Å²) < 4.78 is 16.0. The summed E-state index contributed by atoms with van der Waals surface area (Å²) in [5.41, 5.74) is 2.20. The Morgan fingerprint density at radius 3 is 1.63 bits per heavy atom. The highest BCUT2D eigenvalue weighted by molar-refractivity contribution is 6.01. The van der Waals surface area contributed by atoms with Gasteiger partial charge in [0.05, 0.1) is 20.3 Å². The highest BCUT2D eigenvalue weighted by atomic mass is 16.5. The van der Waals surface area contributed by atoms with Crippen molar-refractivity contribution in [3.05, 3.63) is 95.1 Å². The summed E-state index contributed by atoms with van der Waals surface area (Å²) in [6, 6.07) is 21.3. The molecule has 0 atom stereocenters. The molecule has 0 radical (unpaired) electrons.